The van der Waals surface area contributed by atoms with Gasteiger partial charge in [-0.2, -0.15) is 0 Å². The average molecular weight is 517 g/mol. The quantitative estimate of drug-likeness (QED) is 0.235. The van der Waals surface area contributed by atoms with Crippen LogP contribution in [0.4, 0.5) is 0 Å². The van der Waals surface area contributed by atoms with Crippen molar-refractivity contribution < 1.29 is 17.9 Å². The molecular formula is C32H36O4S. The second-order valence-corrected chi connectivity index (χ2v) is 12.7. The summed E-state index contributed by atoms with van der Waals surface area (Å²) < 4.78 is 38.4. The second-order valence-electron chi connectivity index (χ2n) is 10.8. The van der Waals surface area contributed by atoms with Gasteiger partial charge in [-0.15, -0.1) is 0 Å². The second kappa shape index (κ2) is 10.2. The van der Waals surface area contributed by atoms with Gasteiger partial charge in [0.25, 0.3) is 0 Å². The molecule has 0 bridgehead atoms. The van der Waals surface area contributed by atoms with Crippen molar-refractivity contribution in [2.45, 2.75) is 75.2 Å². The van der Waals surface area contributed by atoms with Crippen molar-refractivity contribution >= 4 is 20.6 Å². The number of benzene rings is 4. The first-order valence-corrected chi connectivity index (χ1v) is 14.3. The van der Waals surface area contributed by atoms with Crippen LogP contribution in [-0.4, -0.2) is 14.0 Å². The Morgan fingerprint density at radius 2 is 1.08 bits per heavy atom. The highest BCUT2D eigenvalue weighted by Crippen LogP contribution is 2.33. The minimum absolute atomic E-state index is 0.0482. The third-order valence-electron chi connectivity index (χ3n) is 7.00. The van der Waals surface area contributed by atoms with Crippen molar-refractivity contribution in [3.8, 4) is 17.2 Å². The van der Waals surface area contributed by atoms with E-state index < -0.39 is 9.84 Å². The zero-order valence-corrected chi connectivity index (χ0v) is 23.4. The monoisotopic (exact) mass is 516 g/mol. The van der Waals surface area contributed by atoms with Gasteiger partial charge in [0.2, 0.25) is 9.84 Å². The molecule has 0 amide bonds. The number of hydrogen-bond acceptors (Lipinski definition) is 4. The predicted molar refractivity (Wildman–Crippen MR) is 151 cm³/mol. The average Bonchev–Trinajstić information content (AvgIpc) is 2.88. The number of sulfone groups is 1. The summed E-state index contributed by atoms with van der Waals surface area (Å²) in [5, 5.41) is 2.09. The van der Waals surface area contributed by atoms with Crippen LogP contribution in [0.5, 0.6) is 17.2 Å². The fraction of sp³-hybridized carbons (Fsp3) is 0.312. The molecule has 4 nitrogen and oxygen atoms in total. The van der Waals surface area contributed by atoms with Crippen LogP contribution in [-0.2, 0) is 15.3 Å². The predicted octanol–water partition coefficient (Wildman–Crippen LogP) is 8.72. The summed E-state index contributed by atoms with van der Waals surface area (Å²) in [6.07, 6.45) is 2.00. The Bertz CT molecular complexity index is 1480. The molecule has 0 radical (unpaired) electrons. The Hall–Kier alpha value is -3.31. The molecule has 0 aliphatic heterocycles. The van der Waals surface area contributed by atoms with Gasteiger partial charge in [-0.3, -0.25) is 0 Å². The van der Waals surface area contributed by atoms with Crippen LogP contribution in [0.1, 0.15) is 59.9 Å². The fourth-order valence-corrected chi connectivity index (χ4v) is 5.60. The highest BCUT2D eigenvalue weighted by molar-refractivity contribution is 7.91. The minimum Gasteiger partial charge on any atom is -0.488 e. The van der Waals surface area contributed by atoms with E-state index in [0.717, 1.165) is 34.9 Å². The smallest absolute Gasteiger partial charge is 0.206 e. The van der Waals surface area contributed by atoms with Gasteiger partial charge >= 0.3 is 0 Å². The molecule has 0 aliphatic rings. The summed E-state index contributed by atoms with van der Waals surface area (Å²) >= 11 is 0. The molecule has 4 aromatic carbocycles. The van der Waals surface area contributed by atoms with Gasteiger partial charge in [0, 0.05) is 0 Å². The van der Waals surface area contributed by atoms with Crippen molar-refractivity contribution in [3.63, 3.8) is 0 Å². The molecule has 4 aromatic rings. The van der Waals surface area contributed by atoms with Crippen LogP contribution < -0.4 is 9.47 Å². The van der Waals surface area contributed by atoms with Crippen LogP contribution in [0.2, 0.25) is 0 Å². The molecule has 0 fully saturated rings. The maximum atomic E-state index is 13.2. The van der Waals surface area contributed by atoms with E-state index in [0.29, 0.717) is 16.4 Å². The van der Waals surface area contributed by atoms with Gasteiger partial charge in [-0.25, -0.2) is 8.42 Å². The Labute approximate surface area is 221 Å². The van der Waals surface area contributed by atoms with E-state index in [1.54, 1.807) is 36.4 Å². The van der Waals surface area contributed by atoms with Crippen LogP contribution in [0.15, 0.2) is 94.7 Å². The molecule has 0 atom stereocenters. The maximum Gasteiger partial charge on any atom is 0.206 e. The van der Waals surface area contributed by atoms with Gasteiger partial charge in [0.15, 0.2) is 0 Å². The van der Waals surface area contributed by atoms with Crippen molar-refractivity contribution in [2.24, 2.45) is 0 Å². The zero-order chi connectivity index (χ0) is 26.8. The molecule has 0 heterocycles. The first-order chi connectivity index (χ1) is 17.4. The van der Waals surface area contributed by atoms with Crippen molar-refractivity contribution in [2.75, 3.05) is 0 Å². The summed E-state index contributed by atoms with van der Waals surface area (Å²) in [6, 6.07) is 25.7. The highest BCUT2D eigenvalue weighted by Gasteiger charge is 2.24. The first kappa shape index (κ1) is 26.7. The van der Waals surface area contributed by atoms with E-state index >= 15 is 0 Å². The van der Waals surface area contributed by atoms with Crippen LogP contribution in [0, 0.1) is 0 Å². The van der Waals surface area contributed by atoms with E-state index in [1.165, 1.54) is 0 Å². The van der Waals surface area contributed by atoms with Crippen molar-refractivity contribution in [1.29, 1.82) is 0 Å². The fourth-order valence-electron chi connectivity index (χ4n) is 4.34. The maximum absolute atomic E-state index is 13.2. The molecule has 0 spiro atoms. The SMILES string of the molecule is CCC(C)(CC)c1ccc(S(=O)(=O)c2ccc(Oc3ccc4cc(OC(C)(C)C)ccc4c3)cc2)cc1. The standard InChI is InChI=1S/C32H36O4S/c1-7-32(6,8-2)25-11-17-29(18-12-25)37(33,34)30-19-15-26(16-20-30)35-27-13-9-24-22-28(36-31(3,4)5)14-10-23(24)21-27/h9-22H,7-8H2,1-6H3. The summed E-state index contributed by atoms with van der Waals surface area (Å²) in [5.74, 6) is 2.07. The minimum atomic E-state index is -3.62. The molecule has 0 aromatic heterocycles. The van der Waals surface area contributed by atoms with Gasteiger partial charge < -0.3 is 9.47 Å². The van der Waals surface area contributed by atoms with Gasteiger partial charge in [0.1, 0.15) is 22.8 Å². The molecule has 0 N–H and O–H groups in total. The Kier molecular flexibility index (Phi) is 7.38. The number of rotatable bonds is 8. The van der Waals surface area contributed by atoms with Gasteiger partial charge in [-0.05, 0) is 116 Å². The molecular weight excluding hydrogens is 480 g/mol. The molecule has 0 saturated carbocycles. The Balaban J connectivity index is 1.50. The Morgan fingerprint density at radius 3 is 1.59 bits per heavy atom. The number of ether oxygens (including phenoxy) is 2. The normalized spacial score (nSPS) is 12.5. The molecule has 0 saturated heterocycles. The van der Waals surface area contributed by atoms with E-state index in [4.69, 9.17) is 9.47 Å². The van der Waals surface area contributed by atoms with Crippen molar-refractivity contribution in [1.82, 2.24) is 0 Å². The molecule has 0 aliphatic carbocycles. The van der Waals surface area contributed by atoms with E-state index in [-0.39, 0.29) is 15.9 Å². The summed E-state index contributed by atoms with van der Waals surface area (Å²) in [7, 11) is -3.62. The lowest BCUT2D eigenvalue weighted by atomic mass is 9.78. The van der Waals surface area contributed by atoms with Gasteiger partial charge in [-0.1, -0.05) is 45.0 Å². The van der Waals surface area contributed by atoms with E-state index in [9.17, 15) is 8.42 Å². The third kappa shape index (κ3) is 5.99. The summed E-state index contributed by atoms with van der Waals surface area (Å²) in [4.78, 5) is 0.537. The molecule has 4 rings (SSSR count). The lowest BCUT2D eigenvalue weighted by molar-refractivity contribution is 0.131. The molecule has 194 valence electrons. The number of fused-ring (bicyclic) bond motifs is 1. The number of hydrogen-bond donors (Lipinski definition) is 0. The van der Waals surface area contributed by atoms with Crippen molar-refractivity contribution in [3.05, 3.63) is 90.5 Å². The van der Waals surface area contributed by atoms with Crippen LogP contribution >= 0.6 is 0 Å². The van der Waals surface area contributed by atoms with Gasteiger partial charge in [0.05, 0.1) is 9.79 Å². The Morgan fingerprint density at radius 1 is 0.622 bits per heavy atom. The molecule has 37 heavy (non-hydrogen) atoms. The first-order valence-electron chi connectivity index (χ1n) is 12.8. The third-order valence-corrected chi connectivity index (χ3v) is 8.78. The summed E-state index contributed by atoms with van der Waals surface area (Å²) in [5.41, 5.74) is 0.950. The zero-order valence-electron chi connectivity index (χ0n) is 22.5. The van der Waals surface area contributed by atoms with E-state index in [2.05, 4.69) is 20.8 Å². The lowest BCUT2D eigenvalue weighted by Gasteiger charge is -2.27. The van der Waals surface area contributed by atoms with Crippen LogP contribution in [0.25, 0.3) is 10.8 Å². The summed E-state index contributed by atoms with van der Waals surface area (Å²) in [6.45, 7) is 12.6. The van der Waals surface area contributed by atoms with E-state index in [1.807, 2.05) is 69.3 Å². The topological polar surface area (TPSA) is 52.6 Å². The highest BCUT2D eigenvalue weighted by atomic mass is 32.2. The van der Waals surface area contributed by atoms with Crippen LogP contribution in [0.3, 0.4) is 0 Å². The molecule has 5 heteroatoms. The largest absolute Gasteiger partial charge is 0.488 e. The lowest BCUT2D eigenvalue weighted by Crippen LogP contribution is -2.22. The molecule has 0 unspecified atom stereocenters.